The molecular formula is C19H24N6O3. The van der Waals surface area contributed by atoms with Crippen LogP contribution in [0, 0.1) is 12.3 Å². The maximum atomic E-state index is 12.7. The van der Waals surface area contributed by atoms with Crippen molar-refractivity contribution in [2.75, 3.05) is 19.6 Å². The van der Waals surface area contributed by atoms with Gasteiger partial charge < -0.3 is 9.80 Å². The molecule has 2 aromatic rings. The third-order valence-electron chi connectivity index (χ3n) is 5.71. The SMILES string of the molecule is Cc1cnc(CN2CC3(CCCN(C(=O)c4cc(=O)[nH][nH]4)C3)CCC2=O)cn1. The number of hydrogen-bond acceptors (Lipinski definition) is 5. The van der Waals surface area contributed by atoms with Gasteiger partial charge >= 0.3 is 0 Å². The monoisotopic (exact) mass is 384 g/mol. The van der Waals surface area contributed by atoms with Gasteiger partial charge in [-0.25, -0.2) is 0 Å². The molecule has 2 aliphatic rings. The number of nitrogens with one attached hydrogen (secondary N) is 2. The highest BCUT2D eigenvalue weighted by atomic mass is 16.2. The predicted octanol–water partition coefficient (Wildman–Crippen LogP) is 0.846. The summed E-state index contributed by atoms with van der Waals surface area (Å²) >= 11 is 0. The minimum atomic E-state index is -0.316. The fourth-order valence-corrected chi connectivity index (χ4v) is 4.28. The zero-order chi connectivity index (χ0) is 19.7. The molecule has 1 atom stereocenters. The van der Waals surface area contributed by atoms with E-state index < -0.39 is 0 Å². The van der Waals surface area contributed by atoms with E-state index in [1.165, 1.54) is 6.07 Å². The molecule has 0 aliphatic carbocycles. The second kappa shape index (κ2) is 7.21. The molecule has 9 nitrogen and oxygen atoms in total. The molecule has 2 aliphatic heterocycles. The van der Waals surface area contributed by atoms with E-state index in [9.17, 15) is 14.4 Å². The highest BCUT2D eigenvalue weighted by molar-refractivity contribution is 5.92. The van der Waals surface area contributed by atoms with Crippen LogP contribution in [0.3, 0.4) is 0 Å². The van der Waals surface area contributed by atoms with E-state index in [4.69, 9.17) is 0 Å². The van der Waals surface area contributed by atoms with Gasteiger partial charge in [-0.3, -0.25) is 34.5 Å². The first-order chi connectivity index (χ1) is 13.4. The Morgan fingerprint density at radius 1 is 1.18 bits per heavy atom. The Morgan fingerprint density at radius 2 is 2.04 bits per heavy atom. The Balaban J connectivity index is 1.48. The molecule has 2 saturated heterocycles. The van der Waals surface area contributed by atoms with E-state index in [0.717, 1.165) is 30.7 Å². The minimum Gasteiger partial charge on any atom is -0.337 e. The van der Waals surface area contributed by atoms with E-state index in [1.807, 2.05) is 11.8 Å². The third-order valence-corrected chi connectivity index (χ3v) is 5.71. The van der Waals surface area contributed by atoms with Crippen molar-refractivity contribution in [1.29, 1.82) is 0 Å². The van der Waals surface area contributed by atoms with Gasteiger partial charge in [-0.2, -0.15) is 0 Å². The molecule has 4 heterocycles. The lowest BCUT2D eigenvalue weighted by molar-refractivity contribution is -0.139. The van der Waals surface area contributed by atoms with Crippen LogP contribution in [0.1, 0.15) is 47.6 Å². The van der Waals surface area contributed by atoms with Crippen molar-refractivity contribution in [2.45, 2.75) is 39.2 Å². The molecule has 0 bridgehead atoms. The number of amides is 2. The number of piperidine rings is 2. The first-order valence-corrected chi connectivity index (χ1v) is 9.56. The largest absolute Gasteiger partial charge is 0.337 e. The van der Waals surface area contributed by atoms with Crippen LogP contribution in [0.15, 0.2) is 23.3 Å². The molecule has 1 spiro atoms. The quantitative estimate of drug-likeness (QED) is 0.814. The summed E-state index contributed by atoms with van der Waals surface area (Å²) in [5.41, 5.74) is 1.46. The fraction of sp³-hybridized carbons (Fsp3) is 0.526. The molecule has 0 radical (unpaired) electrons. The van der Waals surface area contributed by atoms with Crippen LogP contribution < -0.4 is 5.56 Å². The molecule has 148 valence electrons. The molecule has 2 N–H and O–H groups in total. The summed E-state index contributed by atoms with van der Waals surface area (Å²) in [5, 5.41) is 5.05. The van der Waals surface area contributed by atoms with Crippen LogP contribution in [0.5, 0.6) is 0 Å². The van der Waals surface area contributed by atoms with Crippen molar-refractivity contribution < 1.29 is 9.59 Å². The molecule has 28 heavy (non-hydrogen) atoms. The van der Waals surface area contributed by atoms with Crippen LogP contribution in [0.4, 0.5) is 0 Å². The van der Waals surface area contributed by atoms with Gasteiger partial charge in [-0.15, -0.1) is 0 Å². The van der Waals surface area contributed by atoms with Crippen molar-refractivity contribution in [2.24, 2.45) is 5.41 Å². The maximum Gasteiger partial charge on any atom is 0.271 e. The second-order valence-electron chi connectivity index (χ2n) is 7.90. The number of nitrogens with zero attached hydrogens (tertiary/aromatic N) is 4. The molecule has 2 aromatic heterocycles. The van der Waals surface area contributed by atoms with E-state index in [1.54, 1.807) is 17.3 Å². The highest BCUT2D eigenvalue weighted by Crippen LogP contribution is 2.39. The zero-order valence-corrected chi connectivity index (χ0v) is 15.9. The average Bonchev–Trinajstić information content (AvgIpc) is 3.13. The van der Waals surface area contributed by atoms with Crippen molar-refractivity contribution in [3.05, 3.63) is 45.9 Å². The Labute approximate surface area is 162 Å². The molecule has 2 amide bonds. The number of aryl methyl sites for hydroxylation is 1. The van der Waals surface area contributed by atoms with Crippen molar-refractivity contribution in [3.8, 4) is 0 Å². The molecule has 1 unspecified atom stereocenters. The number of aromatic amines is 2. The molecule has 4 rings (SSSR count). The first-order valence-electron chi connectivity index (χ1n) is 9.56. The third kappa shape index (κ3) is 3.69. The summed E-state index contributed by atoms with van der Waals surface area (Å²) in [6.45, 7) is 4.17. The molecule has 9 heteroatoms. The summed E-state index contributed by atoms with van der Waals surface area (Å²) in [6, 6.07) is 1.29. The minimum absolute atomic E-state index is 0.115. The summed E-state index contributed by atoms with van der Waals surface area (Å²) in [6.07, 6.45) is 6.52. The number of hydrogen-bond donors (Lipinski definition) is 2. The van der Waals surface area contributed by atoms with Gasteiger partial charge in [-0.05, 0) is 26.2 Å². The smallest absolute Gasteiger partial charge is 0.271 e. The lowest BCUT2D eigenvalue weighted by atomic mass is 9.73. The number of likely N-dealkylation sites (tertiary alicyclic amines) is 2. The summed E-state index contributed by atoms with van der Waals surface area (Å²) in [4.78, 5) is 48.8. The Morgan fingerprint density at radius 3 is 2.75 bits per heavy atom. The summed E-state index contributed by atoms with van der Waals surface area (Å²) < 4.78 is 0. The van der Waals surface area contributed by atoms with Gasteiger partial charge in [0, 0.05) is 43.7 Å². The zero-order valence-electron chi connectivity index (χ0n) is 15.9. The number of carbonyl (C=O) groups excluding carboxylic acids is 2. The predicted molar refractivity (Wildman–Crippen MR) is 100 cm³/mol. The molecule has 0 saturated carbocycles. The van der Waals surface area contributed by atoms with Crippen LogP contribution in [0.2, 0.25) is 0 Å². The Bertz CT molecular complexity index is 934. The first kappa shape index (κ1) is 18.4. The standard InChI is InChI=1S/C19H24N6O3/c1-13-8-21-14(9-20-13)10-25-12-19(5-3-17(25)27)4-2-6-24(11-19)18(28)15-7-16(26)23-22-15/h7-9H,2-6,10-12H2,1H3,(H2,22,23,26). The van der Waals surface area contributed by atoms with Gasteiger partial charge in [0.25, 0.3) is 11.5 Å². The lowest BCUT2D eigenvalue weighted by Crippen LogP contribution is -2.54. The van der Waals surface area contributed by atoms with E-state index >= 15 is 0 Å². The molecular weight excluding hydrogens is 360 g/mol. The Kier molecular flexibility index (Phi) is 4.74. The summed E-state index contributed by atoms with van der Waals surface area (Å²) in [5.74, 6) is -0.0586. The van der Waals surface area contributed by atoms with E-state index in [-0.39, 0.29) is 28.5 Å². The van der Waals surface area contributed by atoms with Gasteiger partial charge in [0.2, 0.25) is 5.91 Å². The average molecular weight is 384 g/mol. The highest BCUT2D eigenvalue weighted by Gasteiger charge is 2.43. The number of H-pyrrole nitrogens is 2. The summed E-state index contributed by atoms with van der Waals surface area (Å²) in [7, 11) is 0. The number of aromatic nitrogens is 4. The van der Waals surface area contributed by atoms with E-state index in [2.05, 4.69) is 20.2 Å². The molecule has 0 aromatic carbocycles. The van der Waals surface area contributed by atoms with Crippen LogP contribution in [-0.4, -0.2) is 61.4 Å². The van der Waals surface area contributed by atoms with Crippen molar-refractivity contribution >= 4 is 11.8 Å². The van der Waals surface area contributed by atoms with Gasteiger partial charge in [0.1, 0.15) is 5.69 Å². The van der Waals surface area contributed by atoms with Crippen molar-refractivity contribution in [1.82, 2.24) is 30.0 Å². The van der Waals surface area contributed by atoms with Gasteiger partial charge in [0.05, 0.1) is 24.1 Å². The van der Waals surface area contributed by atoms with Crippen molar-refractivity contribution in [3.63, 3.8) is 0 Å². The van der Waals surface area contributed by atoms with Gasteiger partial charge in [-0.1, -0.05) is 0 Å². The van der Waals surface area contributed by atoms with Crippen LogP contribution in [-0.2, 0) is 11.3 Å². The van der Waals surface area contributed by atoms with Crippen LogP contribution in [0.25, 0.3) is 0 Å². The molecule has 2 fully saturated rings. The van der Waals surface area contributed by atoms with Crippen LogP contribution >= 0.6 is 0 Å². The van der Waals surface area contributed by atoms with Gasteiger partial charge in [0.15, 0.2) is 0 Å². The lowest BCUT2D eigenvalue weighted by Gasteiger charge is -2.48. The maximum absolute atomic E-state index is 12.7. The second-order valence-corrected chi connectivity index (χ2v) is 7.90. The van der Waals surface area contributed by atoms with E-state index in [0.29, 0.717) is 32.6 Å². The number of carbonyl (C=O) groups is 2. The normalized spacial score (nSPS) is 22.7. The number of rotatable bonds is 3. The fourth-order valence-electron chi connectivity index (χ4n) is 4.28. The Hall–Kier alpha value is -2.97. The topological polar surface area (TPSA) is 115 Å².